The molecule has 6 heteroatoms. The zero-order valence-electron chi connectivity index (χ0n) is 18.0. The van der Waals surface area contributed by atoms with Gasteiger partial charge in [-0.15, -0.1) is 0 Å². The molecule has 1 unspecified atom stereocenters. The molecular weight excluding hydrogens is 386 g/mol. The number of aromatic nitrogens is 4. The fourth-order valence-corrected chi connectivity index (χ4v) is 4.46. The van der Waals surface area contributed by atoms with Gasteiger partial charge in [-0.1, -0.05) is 18.2 Å². The van der Waals surface area contributed by atoms with E-state index >= 15 is 0 Å². The molecule has 158 valence electrons. The molecule has 0 radical (unpaired) electrons. The predicted molar refractivity (Wildman–Crippen MR) is 121 cm³/mol. The van der Waals surface area contributed by atoms with Crippen molar-refractivity contribution in [1.82, 2.24) is 24.6 Å². The van der Waals surface area contributed by atoms with E-state index in [2.05, 4.69) is 47.4 Å². The maximum absolute atomic E-state index is 12.7. The Balaban J connectivity index is 1.29. The zero-order valence-corrected chi connectivity index (χ0v) is 18.0. The Morgan fingerprint density at radius 2 is 2.03 bits per heavy atom. The number of aryl methyl sites for hydroxylation is 3. The fourth-order valence-electron chi connectivity index (χ4n) is 4.46. The molecule has 0 spiro atoms. The van der Waals surface area contributed by atoms with Crippen molar-refractivity contribution >= 4 is 16.9 Å². The normalized spacial score (nSPS) is 15.7. The van der Waals surface area contributed by atoms with Crippen LogP contribution >= 0.6 is 0 Å². The molecule has 0 aliphatic heterocycles. The van der Waals surface area contributed by atoms with E-state index in [4.69, 9.17) is 0 Å². The minimum atomic E-state index is 0.0241. The lowest BCUT2D eigenvalue weighted by molar-refractivity contribution is -0.122. The Morgan fingerprint density at radius 3 is 2.90 bits per heavy atom. The fraction of sp³-hybridized carbons (Fsp3) is 0.320. The van der Waals surface area contributed by atoms with Crippen LogP contribution in [0.1, 0.15) is 47.7 Å². The third-order valence-corrected chi connectivity index (χ3v) is 6.36. The molecule has 1 atom stereocenters. The molecule has 1 amide bonds. The van der Waals surface area contributed by atoms with Gasteiger partial charge >= 0.3 is 0 Å². The summed E-state index contributed by atoms with van der Waals surface area (Å²) in [5, 5.41) is 7.91. The Bertz CT molecular complexity index is 1250. The second-order valence-corrected chi connectivity index (χ2v) is 8.42. The molecule has 4 aromatic rings. The molecule has 31 heavy (non-hydrogen) atoms. The number of carbonyl (C=O) groups is 1. The summed E-state index contributed by atoms with van der Waals surface area (Å²) >= 11 is 0. The van der Waals surface area contributed by atoms with Gasteiger partial charge in [0, 0.05) is 24.2 Å². The number of imidazole rings is 1. The number of benzene rings is 2. The average molecular weight is 414 g/mol. The summed E-state index contributed by atoms with van der Waals surface area (Å²) in [7, 11) is 0. The van der Waals surface area contributed by atoms with Crippen LogP contribution in [0.15, 0.2) is 55.0 Å². The Morgan fingerprint density at radius 1 is 1.16 bits per heavy atom. The first-order valence-corrected chi connectivity index (χ1v) is 10.9. The molecule has 6 nitrogen and oxygen atoms in total. The van der Waals surface area contributed by atoms with Gasteiger partial charge < -0.3 is 9.88 Å². The number of para-hydroxylation sites is 2. The van der Waals surface area contributed by atoms with E-state index in [9.17, 15) is 4.79 Å². The van der Waals surface area contributed by atoms with E-state index in [0.29, 0.717) is 13.0 Å². The van der Waals surface area contributed by atoms with E-state index in [1.165, 1.54) is 16.8 Å². The molecule has 0 fully saturated rings. The van der Waals surface area contributed by atoms with Crippen molar-refractivity contribution < 1.29 is 4.79 Å². The molecule has 2 aromatic heterocycles. The summed E-state index contributed by atoms with van der Waals surface area (Å²) in [5.41, 5.74) is 7.99. The number of rotatable bonds is 5. The molecule has 0 bridgehead atoms. The monoisotopic (exact) mass is 413 g/mol. The lowest BCUT2D eigenvalue weighted by Gasteiger charge is -2.24. The van der Waals surface area contributed by atoms with Gasteiger partial charge in [0.2, 0.25) is 5.91 Å². The Kier molecular flexibility index (Phi) is 5.06. The highest BCUT2D eigenvalue weighted by Crippen LogP contribution is 2.31. The molecule has 1 aliphatic rings. The lowest BCUT2D eigenvalue weighted by atomic mass is 9.92. The third-order valence-electron chi connectivity index (χ3n) is 6.36. The minimum Gasteiger partial charge on any atom is -0.349 e. The quantitative estimate of drug-likeness (QED) is 0.527. The summed E-state index contributed by atoms with van der Waals surface area (Å²) in [6.45, 7) is 4.87. The number of nitrogens with one attached hydrogen (secondary N) is 1. The average Bonchev–Trinajstić information content (AvgIpc) is 3.39. The first kappa shape index (κ1) is 19.5. The largest absolute Gasteiger partial charge is 0.349 e. The van der Waals surface area contributed by atoms with Gasteiger partial charge in [-0.2, -0.15) is 5.10 Å². The van der Waals surface area contributed by atoms with Crippen LogP contribution in [0.3, 0.4) is 0 Å². The van der Waals surface area contributed by atoms with Gasteiger partial charge in [-0.25, -0.2) is 9.67 Å². The molecule has 0 saturated carbocycles. The van der Waals surface area contributed by atoms with E-state index < -0.39 is 0 Å². The highest BCUT2D eigenvalue weighted by Gasteiger charge is 2.26. The van der Waals surface area contributed by atoms with E-state index in [-0.39, 0.29) is 11.9 Å². The summed E-state index contributed by atoms with van der Waals surface area (Å²) in [6, 6.07) is 14.5. The van der Waals surface area contributed by atoms with E-state index in [1.807, 2.05) is 46.0 Å². The number of nitrogens with zero attached hydrogens (tertiary/aromatic N) is 4. The molecule has 2 aromatic carbocycles. The van der Waals surface area contributed by atoms with Gasteiger partial charge in [0.05, 0.1) is 35.3 Å². The van der Waals surface area contributed by atoms with E-state index in [1.54, 1.807) is 0 Å². The van der Waals surface area contributed by atoms with Crippen LogP contribution in [0.2, 0.25) is 0 Å². The van der Waals surface area contributed by atoms with Gasteiger partial charge in [-0.05, 0) is 68.5 Å². The summed E-state index contributed by atoms with van der Waals surface area (Å²) in [4.78, 5) is 17.1. The zero-order chi connectivity index (χ0) is 21.4. The Hall–Kier alpha value is -3.41. The van der Waals surface area contributed by atoms with Crippen molar-refractivity contribution in [2.75, 3.05) is 0 Å². The summed E-state index contributed by atoms with van der Waals surface area (Å²) in [6.07, 6.45) is 7.14. The number of carbonyl (C=O) groups excluding carboxylic acids is 1. The van der Waals surface area contributed by atoms with Gasteiger partial charge in [0.25, 0.3) is 0 Å². The molecule has 1 aliphatic carbocycles. The molecule has 0 saturated heterocycles. The van der Waals surface area contributed by atoms with Crippen LogP contribution in [-0.4, -0.2) is 25.2 Å². The summed E-state index contributed by atoms with van der Waals surface area (Å²) in [5.74, 6) is 0.0644. The lowest BCUT2D eigenvalue weighted by Crippen LogP contribution is -2.31. The van der Waals surface area contributed by atoms with Crippen molar-refractivity contribution in [3.63, 3.8) is 0 Å². The van der Waals surface area contributed by atoms with Crippen LogP contribution in [-0.2, 0) is 17.8 Å². The van der Waals surface area contributed by atoms with Crippen molar-refractivity contribution in [3.8, 4) is 5.69 Å². The number of hydrogen-bond acceptors (Lipinski definition) is 3. The van der Waals surface area contributed by atoms with Gasteiger partial charge in [0.1, 0.15) is 0 Å². The van der Waals surface area contributed by atoms with Gasteiger partial charge in [0.15, 0.2) is 0 Å². The molecular formula is C25H27N5O. The van der Waals surface area contributed by atoms with Crippen LogP contribution in [0.4, 0.5) is 0 Å². The number of fused-ring (bicyclic) bond motifs is 2. The third kappa shape index (κ3) is 3.74. The summed E-state index contributed by atoms with van der Waals surface area (Å²) < 4.78 is 4.08. The van der Waals surface area contributed by atoms with Crippen LogP contribution in [0.25, 0.3) is 16.7 Å². The van der Waals surface area contributed by atoms with Crippen LogP contribution in [0.5, 0.6) is 0 Å². The van der Waals surface area contributed by atoms with Crippen molar-refractivity contribution in [2.45, 2.75) is 52.1 Å². The first-order chi connectivity index (χ1) is 15.1. The second-order valence-electron chi connectivity index (χ2n) is 8.42. The number of hydrogen-bond donors (Lipinski definition) is 1. The highest BCUT2D eigenvalue weighted by molar-refractivity contribution is 5.78. The maximum Gasteiger partial charge on any atom is 0.222 e. The van der Waals surface area contributed by atoms with Crippen LogP contribution in [0, 0.1) is 13.8 Å². The van der Waals surface area contributed by atoms with Crippen molar-refractivity contribution in [2.24, 2.45) is 0 Å². The van der Waals surface area contributed by atoms with Crippen molar-refractivity contribution in [1.29, 1.82) is 0 Å². The van der Waals surface area contributed by atoms with Crippen LogP contribution < -0.4 is 5.32 Å². The molecule has 5 rings (SSSR count). The first-order valence-electron chi connectivity index (χ1n) is 10.9. The maximum atomic E-state index is 12.7. The smallest absolute Gasteiger partial charge is 0.222 e. The topological polar surface area (TPSA) is 64.7 Å². The SMILES string of the molecule is Cc1ccc(-n2ncc3c2CCCC3NC(=O)CCn2cnc3ccccc32)cc1C. The standard InChI is InChI=1S/C25H27N5O/c1-17-10-11-19(14-18(17)2)30-23-9-5-7-21(20(23)15-27-30)28-25(31)12-13-29-16-26-22-6-3-4-8-24(22)29/h3-4,6,8,10-11,14-16,21H,5,7,9,12-13H2,1-2H3,(H,28,31). The highest BCUT2D eigenvalue weighted by atomic mass is 16.1. The molecule has 1 N–H and O–H groups in total. The predicted octanol–water partition coefficient (Wildman–Crippen LogP) is 4.42. The van der Waals surface area contributed by atoms with E-state index in [0.717, 1.165) is 41.5 Å². The molecule has 2 heterocycles. The van der Waals surface area contributed by atoms with Crippen molar-refractivity contribution in [3.05, 3.63) is 77.4 Å². The second kappa shape index (κ2) is 8.02. The number of amides is 1. The Labute approximate surface area is 181 Å². The van der Waals surface area contributed by atoms with Gasteiger partial charge in [-0.3, -0.25) is 4.79 Å². The minimum absolute atomic E-state index is 0.0241.